The second-order valence-electron chi connectivity index (χ2n) is 4.37. The van der Waals surface area contributed by atoms with Gasteiger partial charge in [-0.2, -0.15) is 0 Å². The van der Waals surface area contributed by atoms with E-state index in [1.807, 2.05) is 0 Å². The topological polar surface area (TPSA) is 30.2 Å². The van der Waals surface area contributed by atoms with Gasteiger partial charge in [0.1, 0.15) is 5.82 Å². The Morgan fingerprint density at radius 2 is 1.90 bits per heavy atom. The fourth-order valence-corrected chi connectivity index (χ4v) is 2.89. The minimum absolute atomic E-state index is 0.118. The maximum absolute atomic E-state index is 13.2. The third-order valence-electron chi connectivity index (χ3n) is 2.94. The largest absolute Gasteiger partial charge is 0.451 e. The molecule has 0 aliphatic carbocycles. The lowest BCUT2D eigenvalue weighted by atomic mass is 10.1. The Morgan fingerprint density at radius 3 is 2.62 bits per heavy atom. The maximum atomic E-state index is 13.2. The molecule has 0 N–H and O–H groups in total. The molecule has 0 aliphatic rings. The average molecular weight is 388 g/mol. The Morgan fingerprint density at radius 1 is 1.14 bits per heavy atom. The van der Waals surface area contributed by atoms with Crippen LogP contribution in [0.4, 0.5) is 4.39 Å². The predicted molar refractivity (Wildman–Crippen MR) is 83.8 cm³/mol. The highest BCUT2D eigenvalue weighted by Crippen LogP contribution is 2.31. The van der Waals surface area contributed by atoms with Gasteiger partial charge in [-0.15, -0.1) is 0 Å². The van der Waals surface area contributed by atoms with Crippen LogP contribution in [0.15, 0.2) is 45.3 Å². The number of halogens is 4. The summed E-state index contributed by atoms with van der Waals surface area (Å²) in [5, 5.41) is 1.42. The molecule has 0 saturated heterocycles. The summed E-state index contributed by atoms with van der Waals surface area (Å²) in [4.78, 5) is 12.4. The molecule has 0 atom stereocenters. The van der Waals surface area contributed by atoms with Crippen molar-refractivity contribution >= 4 is 55.9 Å². The number of carbonyl (C=O) groups is 1. The zero-order valence-electron chi connectivity index (χ0n) is 10.3. The Balaban J connectivity index is 2.09. The number of ketones is 1. The summed E-state index contributed by atoms with van der Waals surface area (Å²) in [6.45, 7) is 0. The van der Waals surface area contributed by atoms with E-state index in [9.17, 15) is 9.18 Å². The van der Waals surface area contributed by atoms with E-state index in [0.717, 1.165) is 0 Å². The van der Waals surface area contributed by atoms with E-state index >= 15 is 0 Å². The van der Waals surface area contributed by atoms with Gasteiger partial charge in [0.25, 0.3) is 0 Å². The summed E-state index contributed by atoms with van der Waals surface area (Å²) in [5.74, 6) is -0.683. The number of hydrogen-bond acceptors (Lipinski definition) is 2. The number of furan rings is 1. The van der Waals surface area contributed by atoms with Crippen molar-refractivity contribution in [3.05, 3.63) is 68.1 Å². The van der Waals surface area contributed by atoms with Crippen molar-refractivity contribution in [1.29, 1.82) is 0 Å². The molecule has 1 heterocycles. The second kappa shape index (κ2) is 5.44. The lowest BCUT2D eigenvalue weighted by molar-refractivity contribution is 0.101. The zero-order valence-corrected chi connectivity index (χ0v) is 13.4. The standard InChI is InChI=1S/C15H6BrCl2FO2/c16-10-4-7(1-2-12(10)19)14(20)13-5-8-3-9(17)6-11(18)15(8)21-13/h1-6H. The number of rotatable bonds is 2. The van der Waals surface area contributed by atoms with E-state index in [1.165, 1.54) is 24.3 Å². The summed E-state index contributed by atoms with van der Waals surface area (Å²) < 4.78 is 18.9. The molecular formula is C15H6BrCl2FO2. The molecule has 0 bridgehead atoms. The first-order valence-electron chi connectivity index (χ1n) is 5.84. The van der Waals surface area contributed by atoms with Gasteiger partial charge in [0.05, 0.1) is 9.50 Å². The van der Waals surface area contributed by atoms with Crippen molar-refractivity contribution in [1.82, 2.24) is 0 Å². The van der Waals surface area contributed by atoms with Crippen LogP contribution < -0.4 is 0 Å². The van der Waals surface area contributed by atoms with Crippen LogP contribution in [0, 0.1) is 5.82 Å². The summed E-state index contributed by atoms with van der Waals surface area (Å²) >= 11 is 15.0. The van der Waals surface area contributed by atoms with Gasteiger partial charge < -0.3 is 4.42 Å². The predicted octanol–water partition coefficient (Wildman–Crippen LogP) is 5.87. The lowest BCUT2D eigenvalue weighted by Gasteiger charge is -1.99. The molecule has 6 heteroatoms. The van der Waals surface area contributed by atoms with Gasteiger partial charge in [-0.25, -0.2) is 4.39 Å². The first-order chi connectivity index (χ1) is 9.95. The van der Waals surface area contributed by atoms with Gasteiger partial charge in [-0.1, -0.05) is 23.2 Å². The minimum atomic E-state index is -0.439. The molecule has 0 unspecified atom stereocenters. The normalized spacial score (nSPS) is 11.0. The van der Waals surface area contributed by atoms with Gasteiger partial charge in [0.15, 0.2) is 11.3 Å². The van der Waals surface area contributed by atoms with Crippen LogP contribution in [-0.2, 0) is 0 Å². The van der Waals surface area contributed by atoms with Crippen molar-refractivity contribution in [3.63, 3.8) is 0 Å². The quantitative estimate of drug-likeness (QED) is 0.514. The van der Waals surface area contributed by atoms with E-state index in [0.29, 0.717) is 26.6 Å². The first kappa shape index (κ1) is 14.6. The molecule has 2 aromatic carbocycles. The molecule has 0 radical (unpaired) electrons. The summed E-state index contributed by atoms with van der Waals surface area (Å²) in [6.07, 6.45) is 0. The Labute approximate surface area is 137 Å². The van der Waals surface area contributed by atoms with Gasteiger partial charge >= 0.3 is 0 Å². The average Bonchev–Trinajstić information content (AvgIpc) is 2.85. The number of benzene rings is 2. The molecule has 0 amide bonds. The Hall–Kier alpha value is -1.36. The molecule has 3 aromatic rings. The van der Waals surface area contributed by atoms with Crippen LogP contribution in [0.25, 0.3) is 11.0 Å². The van der Waals surface area contributed by atoms with Crippen LogP contribution in [0.1, 0.15) is 16.1 Å². The Kier molecular flexibility index (Phi) is 3.78. The van der Waals surface area contributed by atoms with Crippen molar-refractivity contribution in [3.8, 4) is 0 Å². The number of fused-ring (bicyclic) bond motifs is 1. The van der Waals surface area contributed by atoms with E-state index in [-0.39, 0.29) is 16.0 Å². The van der Waals surface area contributed by atoms with Crippen LogP contribution in [0.5, 0.6) is 0 Å². The van der Waals surface area contributed by atoms with Gasteiger partial charge in [0, 0.05) is 16.0 Å². The van der Waals surface area contributed by atoms with Gasteiger partial charge in [0.2, 0.25) is 5.78 Å². The van der Waals surface area contributed by atoms with E-state index < -0.39 is 5.82 Å². The van der Waals surface area contributed by atoms with Gasteiger partial charge in [-0.3, -0.25) is 4.79 Å². The van der Waals surface area contributed by atoms with Crippen molar-refractivity contribution in [2.24, 2.45) is 0 Å². The molecule has 1 aromatic heterocycles. The Bertz CT molecular complexity index is 873. The summed E-state index contributed by atoms with van der Waals surface area (Å²) in [7, 11) is 0. The second-order valence-corrected chi connectivity index (χ2v) is 6.07. The first-order valence-corrected chi connectivity index (χ1v) is 7.39. The molecular weight excluding hydrogens is 382 g/mol. The minimum Gasteiger partial charge on any atom is -0.451 e. The molecule has 3 rings (SSSR count). The van der Waals surface area contributed by atoms with E-state index in [2.05, 4.69) is 15.9 Å². The summed E-state index contributed by atoms with van der Waals surface area (Å²) in [5.41, 5.74) is 0.704. The summed E-state index contributed by atoms with van der Waals surface area (Å²) in [6, 6.07) is 8.77. The van der Waals surface area contributed by atoms with Crippen molar-refractivity contribution in [2.45, 2.75) is 0 Å². The smallest absolute Gasteiger partial charge is 0.228 e. The molecule has 2 nitrogen and oxygen atoms in total. The van der Waals surface area contributed by atoms with Gasteiger partial charge in [-0.05, 0) is 52.3 Å². The highest BCUT2D eigenvalue weighted by Gasteiger charge is 2.17. The van der Waals surface area contributed by atoms with Crippen LogP contribution >= 0.6 is 39.1 Å². The highest BCUT2D eigenvalue weighted by molar-refractivity contribution is 9.10. The van der Waals surface area contributed by atoms with Crippen LogP contribution in [0.3, 0.4) is 0 Å². The number of hydrogen-bond donors (Lipinski definition) is 0. The lowest BCUT2D eigenvalue weighted by Crippen LogP contribution is -1.99. The third kappa shape index (κ3) is 2.71. The van der Waals surface area contributed by atoms with E-state index in [1.54, 1.807) is 12.1 Å². The molecule has 0 spiro atoms. The maximum Gasteiger partial charge on any atom is 0.228 e. The third-order valence-corrected chi connectivity index (χ3v) is 4.05. The molecule has 0 fully saturated rings. The number of carbonyl (C=O) groups excluding carboxylic acids is 1. The fraction of sp³-hybridized carbons (Fsp3) is 0. The van der Waals surface area contributed by atoms with Crippen molar-refractivity contribution in [2.75, 3.05) is 0 Å². The van der Waals surface area contributed by atoms with E-state index in [4.69, 9.17) is 27.6 Å². The molecule has 106 valence electrons. The fourth-order valence-electron chi connectivity index (χ4n) is 1.97. The van der Waals surface area contributed by atoms with Crippen molar-refractivity contribution < 1.29 is 13.6 Å². The monoisotopic (exact) mass is 386 g/mol. The van der Waals surface area contributed by atoms with Crippen LogP contribution in [-0.4, -0.2) is 5.78 Å². The van der Waals surface area contributed by atoms with Crippen LogP contribution in [0.2, 0.25) is 10.0 Å². The highest BCUT2D eigenvalue weighted by atomic mass is 79.9. The molecule has 0 aliphatic heterocycles. The SMILES string of the molecule is O=C(c1ccc(F)c(Br)c1)c1cc2cc(Cl)cc(Cl)c2o1. The molecule has 0 saturated carbocycles. The zero-order chi connectivity index (χ0) is 15.1. The molecule has 21 heavy (non-hydrogen) atoms.